The van der Waals surface area contributed by atoms with Gasteiger partial charge >= 0.3 is 0 Å². The number of nitrogens with zero attached hydrogens (tertiary/aromatic N) is 2. The second kappa shape index (κ2) is 5.73. The van der Waals surface area contributed by atoms with Gasteiger partial charge in [-0.3, -0.25) is 4.79 Å². The number of rotatable bonds is 4. The number of aromatic nitrogens is 2. The fraction of sp³-hybridized carbons (Fsp3) is 0.583. The van der Waals surface area contributed by atoms with E-state index in [0.717, 1.165) is 0 Å². The molecule has 1 aromatic heterocycles. The van der Waals surface area contributed by atoms with E-state index >= 15 is 0 Å². The Labute approximate surface area is 115 Å². The zero-order valence-electron chi connectivity index (χ0n) is 10.9. The molecule has 0 spiro atoms. The average Bonchev–Trinajstić information content (AvgIpc) is 2.28. The van der Waals surface area contributed by atoms with Crippen molar-refractivity contribution in [1.82, 2.24) is 15.3 Å². The van der Waals surface area contributed by atoms with Gasteiger partial charge in [0.25, 0.3) is 5.91 Å². The Morgan fingerprint density at radius 2 is 2.17 bits per heavy atom. The molecule has 0 fully saturated rings. The lowest BCUT2D eigenvalue weighted by molar-refractivity contribution is 0.0893. The summed E-state index contributed by atoms with van der Waals surface area (Å²) in [5.74, 6) is 0.300. The highest BCUT2D eigenvalue weighted by Crippen LogP contribution is 2.17. The molecule has 0 aliphatic rings. The van der Waals surface area contributed by atoms with Gasteiger partial charge in [-0.05, 0) is 29.8 Å². The zero-order valence-corrected chi connectivity index (χ0v) is 12.5. The van der Waals surface area contributed by atoms with E-state index in [0.29, 0.717) is 10.3 Å². The van der Waals surface area contributed by atoms with E-state index < -0.39 is 18.1 Å². The van der Waals surface area contributed by atoms with Crippen LogP contribution >= 0.6 is 15.9 Å². The summed E-state index contributed by atoms with van der Waals surface area (Å²) in [5, 5.41) is 2.59. The second-order valence-corrected chi connectivity index (χ2v) is 5.91. The molecule has 0 aromatic carbocycles. The molecule has 0 radical (unpaired) electrons. The molecular formula is C12H17BrFN3O. The molecule has 1 amide bonds. The first-order valence-electron chi connectivity index (χ1n) is 5.67. The first-order valence-corrected chi connectivity index (χ1v) is 6.47. The number of carbonyl (C=O) groups excluding carboxylic acids is 1. The molecule has 1 rings (SSSR count). The first-order chi connectivity index (χ1) is 8.26. The maximum atomic E-state index is 12.7. The predicted molar refractivity (Wildman–Crippen MR) is 71.3 cm³/mol. The molecule has 0 atom stereocenters. The number of halogens is 2. The Morgan fingerprint density at radius 3 is 2.67 bits per heavy atom. The molecule has 1 heterocycles. The number of carbonyl (C=O) groups is 1. The molecule has 0 saturated carbocycles. The summed E-state index contributed by atoms with van der Waals surface area (Å²) in [6, 6.07) is 0. The monoisotopic (exact) mass is 317 g/mol. The molecule has 0 unspecified atom stereocenters. The molecule has 18 heavy (non-hydrogen) atoms. The lowest BCUT2D eigenvalue weighted by Gasteiger charge is -2.22. The van der Waals surface area contributed by atoms with Gasteiger partial charge in [-0.25, -0.2) is 14.4 Å². The van der Waals surface area contributed by atoms with Gasteiger partial charge in [0.2, 0.25) is 0 Å². The Balaban J connectivity index is 3.02. The summed E-state index contributed by atoms with van der Waals surface area (Å²) in [6.07, 6.45) is 1.54. The molecule has 0 bridgehead atoms. The molecule has 1 aromatic rings. The largest absolute Gasteiger partial charge is 0.343 e. The molecule has 100 valence electrons. The molecule has 0 aliphatic carbocycles. The third-order valence-electron chi connectivity index (χ3n) is 2.28. The Kier molecular flexibility index (Phi) is 4.78. The Hall–Kier alpha value is -1.04. The maximum Gasteiger partial charge on any atom is 0.271 e. The van der Waals surface area contributed by atoms with Crippen molar-refractivity contribution in [3.8, 4) is 0 Å². The number of hydrogen-bond acceptors (Lipinski definition) is 3. The maximum absolute atomic E-state index is 12.7. The molecule has 6 heteroatoms. The number of nitrogens with one attached hydrogen (secondary N) is 1. The van der Waals surface area contributed by atoms with Gasteiger partial charge < -0.3 is 5.32 Å². The van der Waals surface area contributed by atoms with Crippen LogP contribution in [0.4, 0.5) is 4.39 Å². The fourth-order valence-electron chi connectivity index (χ4n) is 1.22. The normalized spacial score (nSPS) is 11.7. The molecular weight excluding hydrogens is 301 g/mol. The number of hydrogen-bond donors (Lipinski definition) is 1. The highest BCUT2D eigenvalue weighted by Gasteiger charge is 2.23. The van der Waals surface area contributed by atoms with Gasteiger partial charge in [0.05, 0.1) is 10.0 Å². The van der Waals surface area contributed by atoms with Crippen molar-refractivity contribution < 1.29 is 9.18 Å². The highest BCUT2D eigenvalue weighted by atomic mass is 79.9. The Bertz CT molecular complexity index is 449. The van der Waals surface area contributed by atoms with E-state index in [4.69, 9.17) is 0 Å². The van der Waals surface area contributed by atoms with Crippen LogP contribution in [0.1, 0.15) is 49.9 Å². The third kappa shape index (κ3) is 3.73. The lowest BCUT2D eigenvalue weighted by Crippen LogP contribution is -2.45. The highest BCUT2D eigenvalue weighted by molar-refractivity contribution is 9.10. The summed E-state index contributed by atoms with van der Waals surface area (Å²) < 4.78 is 13.2. The van der Waals surface area contributed by atoms with Crippen LogP contribution in [0.3, 0.4) is 0 Å². The standard InChI is InChI=1S/C12H17BrFN3O/c1-7(2)10-15-5-8(13)9(16-10)11(18)17-12(3,4)6-14/h5,7H,6H2,1-4H3,(H,17,18). The minimum absolute atomic E-state index is 0.124. The average molecular weight is 318 g/mol. The van der Waals surface area contributed by atoms with Crippen molar-refractivity contribution in [1.29, 1.82) is 0 Å². The van der Waals surface area contributed by atoms with E-state index in [1.165, 1.54) is 0 Å². The van der Waals surface area contributed by atoms with Crippen molar-refractivity contribution >= 4 is 21.8 Å². The first kappa shape index (κ1) is 15.0. The van der Waals surface area contributed by atoms with Gasteiger partial charge in [-0.15, -0.1) is 0 Å². The fourth-order valence-corrected chi connectivity index (χ4v) is 1.59. The smallest absolute Gasteiger partial charge is 0.271 e. The van der Waals surface area contributed by atoms with Gasteiger partial charge in [0.1, 0.15) is 18.2 Å². The Morgan fingerprint density at radius 1 is 1.56 bits per heavy atom. The van der Waals surface area contributed by atoms with Gasteiger partial charge in [0.15, 0.2) is 0 Å². The van der Waals surface area contributed by atoms with Crippen LogP contribution in [0.2, 0.25) is 0 Å². The predicted octanol–water partition coefficient (Wildman–Crippen LogP) is 2.84. The van der Waals surface area contributed by atoms with Gasteiger partial charge in [0, 0.05) is 12.1 Å². The summed E-state index contributed by atoms with van der Waals surface area (Å²) in [4.78, 5) is 20.3. The minimum Gasteiger partial charge on any atom is -0.343 e. The van der Waals surface area contributed by atoms with Crippen molar-refractivity contribution in [2.75, 3.05) is 6.67 Å². The minimum atomic E-state index is -0.903. The molecule has 0 saturated heterocycles. The molecule has 0 aliphatic heterocycles. The van der Waals surface area contributed by atoms with Crippen LogP contribution < -0.4 is 5.32 Å². The summed E-state index contributed by atoms with van der Waals surface area (Å²) in [7, 11) is 0. The summed E-state index contributed by atoms with van der Waals surface area (Å²) >= 11 is 3.23. The third-order valence-corrected chi connectivity index (χ3v) is 2.86. The van der Waals surface area contributed by atoms with Gasteiger partial charge in [-0.2, -0.15) is 0 Å². The van der Waals surface area contributed by atoms with E-state index in [9.17, 15) is 9.18 Å². The van der Waals surface area contributed by atoms with Crippen LogP contribution in [-0.2, 0) is 0 Å². The van der Waals surface area contributed by atoms with Crippen LogP contribution in [-0.4, -0.2) is 28.1 Å². The van der Waals surface area contributed by atoms with Crippen LogP contribution in [0.15, 0.2) is 10.7 Å². The quantitative estimate of drug-likeness (QED) is 0.929. The molecule has 4 nitrogen and oxygen atoms in total. The number of alkyl halides is 1. The van der Waals surface area contributed by atoms with Crippen LogP contribution in [0, 0.1) is 0 Å². The van der Waals surface area contributed by atoms with Crippen molar-refractivity contribution in [3.05, 3.63) is 22.2 Å². The van der Waals surface area contributed by atoms with Crippen LogP contribution in [0.5, 0.6) is 0 Å². The van der Waals surface area contributed by atoms with Gasteiger partial charge in [-0.1, -0.05) is 13.8 Å². The van der Waals surface area contributed by atoms with E-state index in [2.05, 4.69) is 31.2 Å². The van der Waals surface area contributed by atoms with E-state index in [-0.39, 0.29) is 11.6 Å². The molecule has 1 N–H and O–H groups in total. The van der Waals surface area contributed by atoms with Crippen molar-refractivity contribution in [2.24, 2.45) is 0 Å². The lowest BCUT2D eigenvalue weighted by atomic mass is 10.1. The van der Waals surface area contributed by atoms with E-state index in [1.807, 2.05) is 13.8 Å². The zero-order chi connectivity index (χ0) is 13.9. The van der Waals surface area contributed by atoms with Crippen molar-refractivity contribution in [3.63, 3.8) is 0 Å². The summed E-state index contributed by atoms with van der Waals surface area (Å²) in [6.45, 7) is 6.47. The second-order valence-electron chi connectivity index (χ2n) is 5.05. The summed E-state index contributed by atoms with van der Waals surface area (Å²) in [5.41, 5.74) is -0.672. The topological polar surface area (TPSA) is 54.9 Å². The SMILES string of the molecule is CC(C)c1ncc(Br)c(C(=O)NC(C)(C)CF)n1. The number of amides is 1. The van der Waals surface area contributed by atoms with E-state index in [1.54, 1.807) is 20.0 Å². The van der Waals surface area contributed by atoms with Crippen molar-refractivity contribution in [2.45, 2.75) is 39.2 Å². The van der Waals surface area contributed by atoms with Crippen LogP contribution in [0.25, 0.3) is 0 Å².